The number of rotatable bonds is 6. The van der Waals surface area contributed by atoms with Crippen molar-refractivity contribution in [2.45, 2.75) is 24.5 Å². The zero-order chi connectivity index (χ0) is 20.0. The number of fused-ring (bicyclic) bond motifs is 1. The van der Waals surface area contributed by atoms with Crippen molar-refractivity contribution < 1.29 is 43.3 Å². The van der Waals surface area contributed by atoms with Crippen molar-refractivity contribution in [3.63, 3.8) is 0 Å². The Kier molecular flexibility index (Phi) is 5.38. The number of aromatic nitrogens is 4. The van der Waals surface area contributed by atoms with Crippen LogP contribution in [0.5, 0.6) is 0 Å². The maximum atomic E-state index is 11.7. The van der Waals surface area contributed by atoms with E-state index in [9.17, 15) is 24.2 Å². The number of hydrogen-bond acceptors (Lipinski definition) is 10. The summed E-state index contributed by atoms with van der Waals surface area (Å²) < 4.78 is 33.9. The zero-order valence-electron chi connectivity index (χ0n) is 13.5. The molecule has 2 aromatic heterocycles. The van der Waals surface area contributed by atoms with E-state index in [1.807, 2.05) is 0 Å². The molecule has 0 saturated carbocycles. The molecule has 16 heteroatoms. The number of aliphatic hydroxyl groups excluding tert-OH is 2. The largest absolute Gasteiger partial charge is 0.387 e. The van der Waals surface area contributed by atoms with E-state index in [4.69, 9.17) is 20.3 Å². The molecule has 0 amide bonds. The second-order valence-corrected chi connectivity index (χ2v) is 9.86. The van der Waals surface area contributed by atoms with Gasteiger partial charge in [-0.15, -0.1) is 0 Å². The van der Waals surface area contributed by atoms with Gasteiger partial charge in [0.2, 0.25) is 0 Å². The van der Waals surface area contributed by atoms with Gasteiger partial charge in [0.05, 0.1) is 12.9 Å². The van der Waals surface area contributed by atoms with Gasteiger partial charge in [0.1, 0.15) is 30.2 Å². The summed E-state index contributed by atoms with van der Waals surface area (Å²) in [6.07, 6.45) is -2.94. The third kappa shape index (κ3) is 4.35. The van der Waals surface area contributed by atoms with Crippen molar-refractivity contribution in [1.29, 1.82) is 0 Å². The van der Waals surface area contributed by atoms with Crippen LogP contribution in [-0.2, 0) is 18.4 Å². The summed E-state index contributed by atoms with van der Waals surface area (Å²) in [4.78, 5) is 38.8. The fourth-order valence-electron chi connectivity index (χ4n) is 2.62. The van der Waals surface area contributed by atoms with Gasteiger partial charge in [-0.3, -0.25) is 13.7 Å². The monoisotopic (exact) mass is 425 g/mol. The molecule has 0 radical (unpaired) electrons. The average molecular weight is 425 g/mol. The molecule has 5 atom stereocenters. The van der Waals surface area contributed by atoms with Gasteiger partial charge in [-0.25, -0.2) is 15.0 Å². The molecule has 0 aliphatic carbocycles. The van der Waals surface area contributed by atoms with Crippen molar-refractivity contribution >= 4 is 32.2 Å². The van der Waals surface area contributed by atoms with E-state index in [-0.39, 0.29) is 17.0 Å². The maximum absolute atomic E-state index is 11.7. The number of ether oxygens (including phenoxy) is 1. The summed E-state index contributed by atoms with van der Waals surface area (Å²) in [7, 11) is -9.42. The van der Waals surface area contributed by atoms with Gasteiger partial charge < -0.3 is 39.9 Å². The van der Waals surface area contributed by atoms with Crippen LogP contribution < -0.4 is 5.73 Å². The highest BCUT2D eigenvalue weighted by Crippen LogP contribution is 2.55. The predicted molar refractivity (Wildman–Crippen MR) is 88.3 cm³/mol. The molecule has 1 fully saturated rings. The molecule has 3 heterocycles. The van der Waals surface area contributed by atoms with Crippen LogP contribution in [0.1, 0.15) is 6.23 Å². The number of hydrogen-bond donors (Lipinski definition) is 6. The molecule has 14 nitrogen and oxygen atoms in total. The van der Waals surface area contributed by atoms with Crippen molar-refractivity contribution in [3.05, 3.63) is 12.7 Å². The van der Waals surface area contributed by atoms with E-state index >= 15 is 0 Å². The molecule has 27 heavy (non-hydrogen) atoms. The molecular weight excluding hydrogens is 408 g/mol. The topological polar surface area (TPSA) is 223 Å². The Morgan fingerprint density at radius 2 is 1.89 bits per heavy atom. The van der Waals surface area contributed by atoms with Crippen LogP contribution in [0.3, 0.4) is 0 Å². The van der Waals surface area contributed by atoms with Crippen LogP contribution in [0.15, 0.2) is 12.7 Å². The van der Waals surface area contributed by atoms with Gasteiger partial charge in [0.15, 0.2) is 23.6 Å². The molecule has 1 aliphatic rings. The molecule has 1 saturated heterocycles. The number of nitrogen functional groups attached to an aromatic ring is 1. The molecule has 2 aromatic rings. The highest BCUT2D eigenvalue weighted by molar-refractivity contribution is 7.70. The minimum atomic E-state index is -4.79. The minimum Gasteiger partial charge on any atom is -0.387 e. The lowest BCUT2D eigenvalue weighted by molar-refractivity contribution is -0.0483. The highest BCUT2D eigenvalue weighted by atomic mass is 31.2. The fraction of sp³-hybridized carbons (Fsp3) is 0.545. The summed E-state index contributed by atoms with van der Waals surface area (Å²) >= 11 is 0. The number of anilines is 1. The van der Waals surface area contributed by atoms with Gasteiger partial charge in [-0.1, -0.05) is 0 Å². The first kappa shape index (κ1) is 20.3. The fourth-order valence-corrected chi connectivity index (χ4v) is 5.19. The Morgan fingerprint density at radius 1 is 1.19 bits per heavy atom. The van der Waals surface area contributed by atoms with Gasteiger partial charge in [0.25, 0.3) is 0 Å². The lowest BCUT2D eigenvalue weighted by Gasteiger charge is -2.18. The lowest BCUT2D eigenvalue weighted by Crippen LogP contribution is -2.33. The number of imidazole rings is 1. The Labute approximate surface area is 151 Å². The summed E-state index contributed by atoms with van der Waals surface area (Å²) in [6.45, 7) is -0.688. The quantitative estimate of drug-likeness (QED) is 0.286. The van der Waals surface area contributed by atoms with E-state index in [1.54, 1.807) is 0 Å². The van der Waals surface area contributed by atoms with Crippen LogP contribution in [0.4, 0.5) is 5.82 Å². The second kappa shape index (κ2) is 7.17. The zero-order valence-corrected chi connectivity index (χ0v) is 15.3. The first-order valence-corrected chi connectivity index (χ1v) is 11.0. The second-order valence-electron chi connectivity index (χ2n) is 5.87. The number of aliphatic hydroxyl groups is 2. The molecule has 0 spiro atoms. The summed E-state index contributed by atoms with van der Waals surface area (Å²) in [6, 6.07) is 0. The van der Waals surface area contributed by atoms with Crippen molar-refractivity contribution in [1.82, 2.24) is 19.5 Å². The summed E-state index contributed by atoms with van der Waals surface area (Å²) in [5, 5.41) is 20.3. The third-order valence-electron chi connectivity index (χ3n) is 3.80. The van der Waals surface area contributed by atoms with Crippen LogP contribution in [-0.4, -0.2) is 75.2 Å². The van der Waals surface area contributed by atoms with Crippen LogP contribution >= 0.6 is 15.2 Å². The predicted octanol–water partition coefficient (Wildman–Crippen LogP) is -1.64. The number of nitrogens with zero attached hydrogens (tertiary/aromatic N) is 4. The van der Waals surface area contributed by atoms with E-state index in [2.05, 4.69) is 19.5 Å². The van der Waals surface area contributed by atoms with E-state index in [0.717, 1.165) is 0 Å². The molecule has 7 N–H and O–H groups in total. The Hall–Kier alpha value is -1.47. The standard InChI is InChI=1S/C11H17N5O9P2/c12-9-6-10(14-2-13-9)16(3-15-6)11-8(18)7(17)5(25-11)1-24-27(22,23)4-26(19,20)21/h2-3,5,7-8,11,17-18H,1,4H2,(H,22,23)(H2,12,13,14)(H2,19,20,21)/t5-,7+,8+,11-/m0/s1. The molecule has 1 unspecified atom stereocenters. The first-order valence-electron chi connectivity index (χ1n) is 7.44. The molecule has 1 aliphatic heterocycles. The molecule has 0 bridgehead atoms. The van der Waals surface area contributed by atoms with Crippen LogP contribution in [0.25, 0.3) is 11.2 Å². The van der Waals surface area contributed by atoms with Crippen molar-refractivity contribution in [3.8, 4) is 0 Å². The van der Waals surface area contributed by atoms with E-state index in [1.165, 1.54) is 17.2 Å². The first-order chi connectivity index (χ1) is 12.5. The van der Waals surface area contributed by atoms with Crippen LogP contribution in [0.2, 0.25) is 0 Å². The SMILES string of the molecule is Nc1ncnc2c1ncn2[C@H]1O[C@@H](COP(=O)(O)CP(=O)(O)O)[C@@H](O)[C@H]1O. The average Bonchev–Trinajstić information content (AvgIpc) is 3.07. The maximum Gasteiger partial charge on any atom is 0.340 e. The van der Waals surface area contributed by atoms with Crippen molar-refractivity contribution in [2.24, 2.45) is 0 Å². The van der Waals surface area contributed by atoms with Gasteiger partial charge >= 0.3 is 15.2 Å². The van der Waals surface area contributed by atoms with Crippen molar-refractivity contribution in [2.75, 3.05) is 18.2 Å². The van der Waals surface area contributed by atoms with Gasteiger partial charge in [0, 0.05) is 0 Å². The minimum absolute atomic E-state index is 0.102. The third-order valence-corrected chi connectivity index (χ3v) is 7.26. The van der Waals surface area contributed by atoms with E-state index in [0.29, 0.717) is 0 Å². The summed E-state index contributed by atoms with van der Waals surface area (Å²) in [5.41, 5.74) is 6.17. The number of nitrogens with two attached hydrogens (primary N) is 1. The lowest BCUT2D eigenvalue weighted by atomic mass is 10.1. The smallest absolute Gasteiger partial charge is 0.340 e. The summed E-state index contributed by atoms with van der Waals surface area (Å²) in [5.74, 6) is -1.28. The Morgan fingerprint density at radius 3 is 2.56 bits per heavy atom. The molecular formula is C11H17N5O9P2. The Balaban J connectivity index is 1.75. The van der Waals surface area contributed by atoms with Crippen LogP contribution in [0, 0.1) is 0 Å². The normalized spacial score (nSPS) is 28.5. The highest BCUT2D eigenvalue weighted by Gasteiger charge is 2.45. The van der Waals surface area contributed by atoms with Gasteiger partial charge in [-0.05, 0) is 0 Å². The molecule has 0 aromatic carbocycles. The molecule has 150 valence electrons. The van der Waals surface area contributed by atoms with E-state index < -0.39 is 52.2 Å². The molecule has 3 rings (SSSR count). The van der Waals surface area contributed by atoms with Gasteiger partial charge in [-0.2, -0.15) is 0 Å². The Bertz CT molecular complexity index is 932.